The van der Waals surface area contributed by atoms with Gasteiger partial charge >= 0.3 is 12.2 Å². The van der Waals surface area contributed by atoms with E-state index in [2.05, 4.69) is 10.2 Å². The Bertz CT molecular complexity index is 287. The van der Waals surface area contributed by atoms with Crippen LogP contribution in [0.2, 0.25) is 13.1 Å². The van der Waals surface area contributed by atoms with Crippen molar-refractivity contribution in [3.63, 3.8) is 0 Å². The van der Waals surface area contributed by atoms with E-state index in [-0.39, 0.29) is 6.10 Å². The van der Waals surface area contributed by atoms with Crippen molar-refractivity contribution in [2.75, 3.05) is 0 Å². The fourth-order valence-electron chi connectivity index (χ4n) is 1.48. The third-order valence-corrected chi connectivity index (χ3v) is 2.79. The maximum Gasteiger partial charge on any atom is 0.452 e. The number of carbonyl (C=O) groups excluding carboxylic acids is 2. The number of nitrogens with zero attached hydrogens (tertiary/aromatic N) is 2. The van der Waals surface area contributed by atoms with Gasteiger partial charge in [-0.3, -0.25) is 0 Å². The van der Waals surface area contributed by atoms with Crippen LogP contribution >= 0.6 is 0 Å². The Kier molecular flexibility index (Phi) is 5.10. The SMILES string of the molecule is C[SiH](C)OC(=O)N=NC(=O)OC1CCCC1. The van der Waals surface area contributed by atoms with Gasteiger partial charge in [-0.15, -0.1) is 0 Å². The Morgan fingerprint density at radius 3 is 2.25 bits per heavy atom. The van der Waals surface area contributed by atoms with Gasteiger partial charge in [-0.1, -0.05) is 10.2 Å². The number of carbonyl (C=O) groups is 2. The smallest absolute Gasteiger partial charge is 0.452 e. The second-order valence-electron chi connectivity index (χ2n) is 3.92. The summed E-state index contributed by atoms with van der Waals surface area (Å²) in [4.78, 5) is 22.0. The lowest BCUT2D eigenvalue weighted by molar-refractivity contribution is 0.108. The van der Waals surface area contributed by atoms with E-state index in [4.69, 9.17) is 9.16 Å². The van der Waals surface area contributed by atoms with Crippen LogP contribution in [0.3, 0.4) is 0 Å². The topological polar surface area (TPSA) is 77.3 Å². The largest absolute Gasteiger partial charge is 0.504 e. The number of ether oxygens (including phenoxy) is 1. The molecule has 16 heavy (non-hydrogen) atoms. The van der Waals surface area contributed by atoms with Gasteiger partial charge in [0.1, 0.15) is 6.10 Å². The first kappa shape index (κ1) is 12.8. The fourth-order valence-corrected chi connectivity index (χ4v) is 1.93. The van der Waals surface area contributed by atoms with Crippen LogP contribution in [0.1, 0.15) is 25.7 Å². The van der Waals surface area contributed by atoms with Crippen molar-refractivity contribution in [3.05, 3.63) is 0 Å². The minimum atomic E-state index is -1.48. The maximum atomic E-state index is 11.1. The van der Waals surface area contributed by atoms with Crippen molar-refractivity contribution >= 4 is 21.2 Å². The second kappa shape index (κ2) is 6.36. The highest BCUT2D eigenvalue weighted by Crippen LogP contribution is 2.21. The summed E-state index contributed by atoms with van der Waals surface area (Å²) in [7, 11) is -1.48. The fraction of sp³-hybridized carbons (Fsp3) is 0.778. The van der Waals surface area contributed by atoms with E-state index in [1.807, 2.05) is 13.1 Å². The molecule has 0 aliphatic heterocycles. The highest BCUT2D eigenvalue weighted by Gasteiger charge is 2.19. The molecule has 6 nitrogen and oxygen atoms in total. The molecule has 1 aliphatic rings. The maximum absolute atomic E-state index is 11.1. The van der Waals surface area contributed by atoms with Crippen LogP contribution in [0.25, 0.3) is 0 Å². The van der Waals surface area contributed by atoms with E-state index in [0.29, 0.717) is 0 Å². The molecule has 0 aromatic carbocycles. The van der Waals surface area contributed by atoms with Crippen LogP contribution in [0.5, 0.6) is 0 Å². The molecular weight excluding hydrogens is 228 g/mol. The first-order valence-corrected chi connectivity index (χ1v) is 8.19. The molecule has 0 aromatic rings. The Balaban J connectivity index is 2.26. The zero-order valence-corrected chi connectivity index (χ0v) is 10.7. The number of amides is 2. The van der Waals surface area contributed by atoms with Gasteiger partial charge in [0.25, 0.3) is 0 Å². The summed E-state index contributed by atoms with van der Waals surface area (Å²) in [5, 5.41) is 6.28. The molecule has 1 aliphatic carbocycles. The lowest BCUT2D eigenvalue weighted by Gasteiger charge is -2.07. The molecule has 0 saturated heterocycles. The molecule has 90 valence electrons. The molecule has 0 radical (unpaired) electrons. The molecule has 1 rings (SSSR count). The second-order valence-corrected chi connectivity index (χ2v) is 6.26. The normalized spacial score (nSPS) is 16.9. The zero-order valence-electron chi connectivity index (χ0n) is 9.51. The summed E-state index contributed by atoms with van der Waals surface area (Å²) in [5.41, 5.74) is 0. The van der Waals surface area contributed by atoms with Crippen LogP contribution in [0, 0.1) is 0 Å². The van der Waals surface area contributed by atoms with E-state index in [1.165, 1.54) is 0 Å². The molecule has 0 spiro atoms. The monoisotopic (exact) mass is 244 g/mol. The average Bonchev–Trinajstić information content (AvgIpc) is 2.66. The van der Waals surface area contributed by atoms with Crippen LogP contribution in [0.4, 0.5) is 9.59 Å². The molecule has 1 saturated carbocycles. The first-order valence-electron chi connectivity index (χ1n) is 5.41. The van der Waals surface area contributed by atoms with Crippen LogP contribution in [-0.4, -0.2) is 27.3 Å². The van der Waals surface area contributed by atoms with E-state index in [9.17, 15) is 9.59 Å². The highest BCUT2D eigenvalue weighted by molar-refractivity contribution is 6.50. The molecule has 0 atom stereocenters. The van der Waals surface area contributed by atoms with Crippen molar-refractivity contribution in [1.82, 2.24) is 0 Å². The molecule has 0 bridgehead atoms. The Labute approximate surface area is 95.8 Å². The molecule has 0 unspecified atom stereocenters. The Morgan fingerprint density at radius 2 is 1.69 bits per heavy atom. The van der Waals surface area contributed by atoms with Crippen LogP contribution < -0.4 is 0 Å². The molecular formula is C9H16N2O4Si. The lowest BCUT2D eigenvalue weighted by atomic mass is 10.3. The number of hydrogen-bond acceptors (Lipinski definition) is 4. The summed E-state index contributed by atoms with van der Waals surface area (Å²) in [6, 6.07) is 0. The van der Waals surface area contributed by atoms with Gasteiger partial charge in [0, 0.05) is 0 Å². The summed E-state index contributed by atoms with van der Waals surface area (Å²) in [6.07, 6.45) is 2.17. The van der Waals surface area contributed by atoms with Gasteiger partial charge in [0.15, 0.2) is 0 Å². The molecule has 7 heteroatoms. The number of rotatable bonds is 2. The number of azo groups is 1. The molecule has 0 N–H and O–H groups in total. The third-order valence-electron chi connectivity index (χ3n) is 2.12. The van der Waals surface area contributed by atoms with Crippen molar-refractivity contribution < 1.29 is 18.8 Å². The summed E-state index contributed by atoms with van der Waals surface area (Å²) in [5.74, 6) is 0. The zero-order chi connectivity index (χ0) is 12.0. The molecule has 0 aromatic heterocycles. The summed E-state index contributed by atoms with van der Waals surface area (Å²) < 4.78 is 9.77. The van der Waals surface area contributed by atoms with E-state index < -0.39 is 21.2 Å². The number of hydrogen-bond donors (Lipinski definition) is 0. The summed E-state index contributed by atoms with van der Waals surface area (Å²) in [6.45, 7) is 3.65. The van der Waals surface area contributed by atoms with E-state index in [1.54, 1.807) is 0 Å². The quantitative estimate of drug-likeness (QED) is 0.552. The van der Waals surface area contributed by atoms with Crippen molar-refractivity contribution in [2.45, 2.75) is 44.9 Å². The average molecular weight is 244 g/mol. The lowest BCUT2D eigenvalue weighted by Crippen LogP contribution is -2.13. The van der Waals surface area contributed by atoms with Gasteiger partial charge in [-0.05, 0) is 38.8 Å². The first-order chi connectivity index (χ1) is 7.58. The molecule has 2 amide bonds. The standard InChI is InChI=1S/C9H16N2O4Si/c1-16(2)15-9(13)11-10-8(12)14-7-5-3-4-6-7/h7,16H,3-6H2,1-2H3. The third kappa shape index (κ3) is 5.01. The predicted octanol–water partition coefficient (Wildman–Crippen LogP) is 2.64. The minimum Gasteiger partial charge on any atom is -0.504 e. The van der Waals surface area contributed by atoms with Crippen LogP contribution in [-0.2, 0) is 9.16 Å². The van der Waals surface area contributed by atoms with Gasteiger partial charge in [-0.2, -0.15) is 0 Å². The van der Waals surface area contributed by atoms with Gasteiger partial charge < -0.3 is 9.16 Å². The molecule has 0 heterocycles. The molecule has 1 fully saturated rings. The Morgan fingerprint density at radius 1 is 1.12 bits per heavy atom. The van der Waals surface area contributed by atoms with Gasteiger partial charge in [0.2, 0.25) is 9.04 Å². The van der Waals surface area contributed by atoms with Crippen molar-refractivity contribution in [1.29, 1.82) is 0 Å². The predicted molar refractivity (Wildman–Crippen MR) is 59.0 cm³/mol. The summed E-state index contributed by atoms with van der Waals surface area (Å²) >= 11 is 0. The van der Waals surface area contributed by atoms with Gasteiger partial charge in [0.05, 0.1) is 0 Å². The van der Waals surface area contributed by atoms with Crippen molar-refractivity contribution in [3.8, 4) is 0 Å². The van der Waals surface area contributed by atoms with Gasteiger partial charge in [-0.25, -0.2) is 9.59 Å². The van der Waals surface area contributed by atoms with E-state index in [0.717, 1.165) is 25.7 Å². The minimum absolute atomic E-state index is 0.0676. The van der Waals surface area contributed by atoms with E-state index >= 15 is 0 Å². The van der Waals surface area contributed by atoms with Crippen LogP contribution in [0.15, 0.2) is 10.2 Å². The highest BCUT2D eigenvalue weighted by atomic mass is 28.3. The van der Waals surface area contributed by atoms with Crippen molar-refractivity contribution in [2.24, 2.45) is 10.2 Å². The Hall–Kier alpha value is -1.24.